The third-order valence-electron chi connectivity index (χ3n) is 5.09. The summed E-state index contributed by atoms with van der Waals surface area (Å²) in [5, 5.41) is 2.68. The molecule has 2 saturated heterocycles. The van der Waals surface area contributed by atoms with Crippen LogP contribution >= 0.6 is 0 Å². The molecule has 1 aliphatic carbocycles. The van der Waals surface area contributed by atoms with Gasteiger partial charge in [-0.05, 0) is 19.3 Å². The van der Waals surface area contributed by atoms with Crippen molar-refractivity contribution in [1.82, 2.24) is 15.1 Å². The van der Waals surface area contributed by atoms with Crippen LogP contribution in [0.25, 0.3) is 0 Å². The number of nitrogens with one attached hydrogen (secondary N) is 1. The fraction of sp³-hybridized carbons (Fsp3) is 0.933. The maximum atomic E-state index is 13.2. The van der Waals surface area contributed by atoms with Gasteiger partial charge in [0.2, 0.25) is 5.91 Å². The number of carbonyl (C=O) groups is 1. The third kappa shape index (κ3) is 3.54. The van der Waals surface area contributed by atoms with Crippen LogP contribution in [-0.2, 0) is 4.79 Å². The summed E-state index contributed by atoms with van der Waals surface area (Å²) >= 11 is 0. The minimum atomic E-state index is -2.73. The molecular formula is C15H25F2N3O. The Balaban J connectivity index is 1.53. The molecule has 0 aromatic carbocycles. The van der Waals surface area contributed by atoms with Gasteiger partial charge in [-0.1, -0.05) is 12.8 Å². The lowest BCUT2D eigenvalue weighted by Gasteiger charge is -2.28. The van der Waals surface area contributed by atoms with Crippen LogP contribution in [0, 0.1) is 0 Å². The fourth-order valence-corrected chi connectivity index (χ4v) is 3.90. The molecule has 1 amide bonds. The van der Waals surface area contributed by atoms with E-state index >= 15 is 0 Å². The lowest BCUT2D eigenvalue weighted by atomic mass is 10.1. The van der Waals surface area contributed by atoms with Gasteiger partial charge in [0.1, 0.15) is 0 Å². The van der Waals surface area contributed by atoms with Crippen LogP contribution in [0.1, 0.15) is 38.5 Å². The molecule has 3 rings (SSSR count). The Kier molecular flexibility index (Phi) is 4.45. The molecule has 0 aromatic heterocycles. The maximum absolute atomic E-state index is 13.2. The van der Waals surface area contributed by atoms with Crippen LogP contribution in [0.3, 0.4) is 0 Å². The minimum Gasteiger partial charge on any atom is -0.340 e. The molecule has 3 fully saturated rings. The summed E-state index contributed by atoms with van der Waals surface area (Å²) in [6.07, 6.45) is 5.75. The number of nitrogens with zero attached hydrogens (tertiary/aromatic N) is 2. The van der Waals surface area contributed by atoms with Gasteiger partial charge in [-0.25, -0.2) is 8.78 Å². The Bertz CT molecular complexity index is 385. The summed E-state index contributed by atoms with van der Waals surface area (Å²) in [5.74, 6) is -2.87. The van der Waals surface area contributed by atoms with E-state index < -0.39 is 12.0 Å². The van der Waals surface area contributed by atoms with E-state index in [9.17, 15) is 13.6 Å². The SMILES string of the molecule is O=C(C1CC(F)(F)CN1)N1CCCN(C2CCCC2)CC1. The van der Waals surface area contributed by atoms with Crippen LogP contribution < -0.4 is 5.32 Å². The molecule has 0 radical (unpaired) electrons. The zero-order chi connectivity index (χ0) is 14.9. The van der Waals surface area contributed by atoms with Crippen molar-refractivity contribution < 1.29 is 13.6 Å². The summed E-state index contributed by atoms with van der Waals surface area (Å²) in [7, 11) is 0. The second kappa shape index (κ2) is 6.16. The maximum Gasteiger partial charge on any atom is 0.262 e. The van der Waals surface area contributed by atoms with Crippen LogP contribution in [0.2, 0.25) is 0 Å². The monoisotopic (exact) mass is 301 g/mol. The van der Waals surface area contributed by atoms with Gasteiger partial charge in [0.05, 0.1) is 12.6 Å². The number of hydrogen-bond donors (Lipinski definition) is 1. The number of halogens is 2. The average Bonchev–Trinajstić information content (AvgIpc) is 3.02. The van der Waals surface area contributed by atoms with Crippen molar-refractivity contribution in [2.45, 2.75) is 56.5 Å². The Morgan fingerprint density at radius 2 is 1.81 bits per heavy atom. The lowest BCUT2D eigenvalue weighted by Crippen LogP contribution is -2.45. The lowest BCUT2D eigenvalue weighted by molar-refractivity contribution is -0.133. The molecule has 0 bridgehead atoms. The van der Waals surface area contributed by atoms with Gasteiger partial charge in [-0.15, -0.1) is 0 Å². The van der Waals surface area contributed by atoms with E-state index in [4.69, 9.17) is 0 Å². The zero-order valence-corrected chi connectivity index (χ0v) is 12.5. The highest BCUT2D eigenvalue weighted by Gasteiger charge is 2.43. The Labute approximate surface area is 124 Å². The summed E-state index contributed by atoms with van der Waals surface area (Å²) in [6.45, 7) is 2.93. The normalized spacial score (nSPS) is 31.5. The van der Waals surface area contributed by atoms with E-state index in [0.29, 0.717) is 19.1 Å². The van der Waals surface area contributed by atoms with E-state index in [-0.39, 0.29) is 18.9 Å². The molecule has 4 nitrogen and oxygen atoms in total. The molecule has 120 valence electrons. The molecule has 1 unspecified atom stereocenters. The predicted molar refractivity (Wildman–Crippen MR) is 76.4 cm³/mol. The molecule has 21 heavy (non-hydrogen) atoms. The highest BCUT2D eigenvalue weighted by Crippen LogP contribution is 2.27. The van der Waals surface area contributed by atoms with E-state index in [1.165, 1.54) is 25.7 Å². The van der Waals surface area contributed by atoms with Gasteiger partial charge in [-0.2, -0.15) is 0 Å². The van der Waals surface area contributed by atoms with Gasteiger partial charge in [0.25, 0.3) is 5.92 Å². The Hall–Kier alpha value is -0.750. The van der Waals surface area contributed by atoms with Crippen molar-refractivity contribution in [1.29, 1.82) is 0 Å². The second-order valence-electron chi connectivity index (χ2n) is 6.65. The molecule has 1 saturated carbocycles. The fourth-order valence-electron chi connectivity index (χ4n) is 3.90. The minimum absolute atomic E-state index is 0.138. The van der Waals surface area contributed by atoms with Crippen molar-refractivity contribution in [2.24, 2.45) is 0 Å². The van der Waals surface area contributed by atoms with Crippen molar-refractivity contribution in [3.05, 3.63) is 0 Å². The summed E-state index contributed by atoms with van der Waals surface area (Å²) in [6, 6.07) is -0.0213. The first-order valence-corrected chi connectivity index (χ1v) is 8.19. The zero-order valence-electron chi connectivity index (χ0n) is 12.5. The van der Waals surface area contributed by atoms with Crippen molar-refractivity contribution in [3.8, 4) is 0 Å². The third-order valence-corrected chi connectivity index (χ3v) is 5.09. The summed E-state index contributed by atoms with van der Waals surface area (Å²) < 4.78 is 26.5. The van der Waals surface area contributed by atoms with Crippen LogP contribution in [0.4, 0.5) is 8.78 Å². The molecule has 6 heteroatoms. The number of alkyl halides is 2. The van der Waals surface area contributed by atoms with Gasteiger partial charge in [0, 0.05) is 38.6 Å². The van der Waals surface area contributed by atoms with Crippen LogP contribution in [-0.4, -0.2) is 66.4 Å². The molecule has 2 aliphatic heterocycles. The van der Waals surface area contributed by atoms with E-state index in [2.05, 4.69) is 10.2 Å². The number of hydrogen-bond acceptors (Lipinski definition) is 3. The van der Waals surface area contributed by atoms with Gasteiger partial charge in [0.15, 0.2) is 0 Å². The first-order valence-electron chi connectivity index (χ1n) is 8.19. The topological polar surface area (TPSA) is 35.6 Å². The highest BCUT2D eigenvalue weighted by molar-refractivity contribution is 5.82. The molecule has 1 atom stereocenters. The van der Waals surface area contributed by atoms with Crippen LogP contribution in [0.15, 0.2) is 0 Å². The number of carbonyl (C=O) groups excluding carboxylic acids is 1. The van der Waals surface area contributed by atoms with Crippen molar-refractivity contribution >= 4 is 5.91 Å². The molecule has 0 spiro atoms. The highest BCUT2D eigenvalue weighted by atomic mass is 19.3. The first kappa shape index (κ1) is 15.2. The second-order valence-corrected chi connectivity index (χ2v) is 6.65. The van der Waals surface area contributed by atoms with E-state index in [0.717, 1.165) is 19.5 Å². The summed E-state index contributed by atoms with van der Waals surface area (Å²) in [4.78, 5) is 16.7. The smallest absolute Gasteiger partial charge is 0.262 e. The molecule has 1 N–H and O–H groups in total. The number of rotatable bonds is 2. The van der Waals surface area contributed by atoms with Crippen molar-refractivity contribution in [3.63, 3.8) is 0 Å². The van der Waals surface area contributed by atoms with Gasteiger partial charge < -0.3 is 4.90 Å². The average molecular weight is 301 g/mol. The first-order chi connectivity index (χ1) is 10.1. The van der Waals surface area contributed by atoms with Gasteiger partial charge in [-0.3, -0.25) is 15.0 Å². The van der Waals surface area contributed by atoms with E-state index in [1.807, 2.05) is 0 Å². The molecular weight excluding hydrogens is 276 g/mol. The van der Waals surface area contributed by atoms with Crippen molar-refractivity contribution in [2.75, 3.05) is 32.7 Å². The van der Waals surface area contributed by atoms with Gasteiger partial charge >= 0.3 is 0 Å². The van der Waals surface area contributed by atoms with Crippen LogP contribution in [0.5, 0.6) is 0 Å². The summed E-state index contributed by atoms with van der Waals surface area (Å²) in [5.41, 5.74) is 0. The predicted octanol–water partition coefficient (Wildman–Crippen LogP) is 1.46. The molecule has 0 aromatic rings. The standard InChI is InChI=1S/C15H25F2N3O/c16-15(17)10-13(18-11-15)14(21)20-7-3-6-19(8-9-20)12-4-1-2-5-12/h12-13,18H,1-11H2. The van der Waals surface area contributed by atoms with E-state index in [1.54, 1.807) is 4.90 Å². The molecule has 2 heterocycles. The Morgan fingerprint density at radius 1 is 1.05 bits per heavy atom. The number of amides is 1. The molecule has 3 aliphatic rings. The largest absolute Gasteiger partial charge is 0.340 e. The quantitative estimate of drug-likeness (QED) is 0.839. The Morgan fingerprint density at radius 3 is 2.48 bits per heavy atom.